The van der Waals surface area contributed by atoms with E-state index in [1.165, 1.54) is 33.8 Å². The zero-order valence-corrected chi connectivity index (χ0v) is 33.9. The van der Waals surface area contributed by atoms with E-state index in [4.69, 9.17) is 16.3 Å². The molecule has 15 nitrogen and oxygen atoms in total. The van der Waals surface area contributed by atoms with Gasteiger partial charge in [0, 0.05) is 31.1 Å². The molecule has 0 aliphatic carbocycles. The smallest absolute Gasteiger partial charge is 0.329 e. The zero-order valence-electron chi connectivity index (χ0n) is 33.1. The van der Waals surface area contributed by atoms with Gasteiger partial charge >= 0.3 is 12.0 Å². The second-order valence-electron chi connectivity index (χ2n) is 15.9. The zero-order chi connectivity index (χ0) is 41.8. The molecule has 2 aromatic rings. The summed E-state index contributed by atoms with van der Waals surface area (Å²) in [5.41, 5.74) is 1.37. The highest BCUT2D eigenvalue weighted by atomic mass is 35.5. The maximum absolute atomic E-state index is 14.7. The van der Waals surface area contributed by atoms with Crippen LogP contribution in [0.25, 0.3) is 0 Å². The van der Waals surface area contributed by atoms with E-state index >= 15 is 0 Å². The van der Waals surface area contributed by atoms with Gasteiger partial charge in [0.25, 0.3) is 0 Å². The van der Waals surface area contributed by atoms with Gasteiger partial charge in [0.2, 0.25) is 29.5 Å². The van der Waals surface area contributed by atoms with Crippen LogP contribution in [-0.2, 0) is 39.9 Å². The minimum absolute atomic E-state index is 0.0441. The lowest BCUT2D eigenvalue weighted by Crippen LogP contribution is -2.63. The number of nitrogens with one attached hydrogen (secondary N) is 4. The first-order valence-electron chi connectivity index (χ1n) is 19.9. The molecule has 0 bridgehead atoms. The maximum atomic E-state index is 14.7. The number of rotatable bonds is 6. The molecule has 6 rings (SSSR count). The van der Waals surface area contributed by atoms with Crippen LogP contribution in [0.4, 0.5) is 14.9 Å². The summed E-state index contributed by atoms with van der Waals surface area (Å²) in [6.07, 6.45) is 1.39. The number of halogens is 2. The van der Waals surface area contributed by atoms with Gasteiger partial charge in [0.05, 0.1) is 5.69 Å². The van der Waals surface area contributed by atoms with Gasteiger partial charge in [-0.3, -0.25) is 24.0 Å². The summed E-state index contributed by atoms with van der Waals surface area (Å²) in [6, 6.07) is 3.27. The molecule has 8 atom stereocenters. The van der Waals surface area contributed by atoms with Gasteiger partial charge in [-0.15, -0.1) is 0 Å². The molecule has 0 aromatic heterocycles. The van der Waals surface area contributed by atoms with Crippen LogP contribution in [0.5, 0.6) is 0 Å². The summed E-state index contributed by atoms with van der Waals surface area (Å²) in [6.45, 7) is 7.41. The van der Waals surface area contributed by atoms with Crippen molar-refractivity contribution in [1.29, 1.82) is 0 Å². The van der Waals surface area contributed by atoms with E-state index in [0.29, 0.717) is 37.7 Å². The largest absolute Gasteiger partial charge is 0.458 e. The lowest BCUT2D eigenvalue weighted by atomic mass is 9.99. The number of piperidine rings is 1. The summed E-state index contributed by atoms with van der Waals surface area (Å²) < 4.78 is 20.6. The highest BCUT2D eigenvalue weighted by Gasteiger charge is 2.47. The van der Waals surface area contributed by atoms with Crippen molar-refractivity contribution in [3.05, 3.63) is 64.4 Å². The SMILES string of the molecule is Cc1cccc(C[C@H](NC(=O)Nc2ccc(Cl)cc2F)C(=O)N[C@@H]2C(=O)N3CCC[C@H]3C(=O)N3CCCC[C@H]3C(=O)N[C@@H](C)C(=O)N3C[C@H](C)C[C@H]3C(=O)O[C@H]2C)c1. The number of fused-ring (bicyclic) bond motifs is 3. The van der Waals surface area contributed by atoms with E-state index in [1.807, 2.05) is 26.0 Å². The monoisotopic (exact) mass is 823 g/mol. The molecule has 4 fully saturated rings. The first-order valence-corrected chi connectivity index (χ1v) is 20.3. The summed E-state index contributed by atoms with van der Waals surface area (Å²) in [5, 5.41) is 10.6. The van der Waals surface area contributed by atoms with Gasteiger partial charge in [-0.25, -0.2) is 14.0 Å². The normalized spacial score (nSPS) is 27.5. The number of aryl methyl sites for hydroxylation is 1. The van der Waals surface area contributed by atoms with Crippen LogP contribution in [-0.4, -0.2) is 118 Å². The Labute approximate surface area is 341 Å². The fourth-order valence-corrected chi connectivity index (χ4v) is 8.57. The summed E-state index contributed by atoms with van der Waals surface area (Å²) in [5.74, 6) is -4.60. The number of benzene rings is 2. The molecule has 312 valence electrons. The molecule has 0 saturated carbocycles. The molecular formula is C41H51ClFN7O8. The molecule has 4 heterocycles. The van der Waals surface area contributed by atoms with Crippen molar-refractivity contribution in [3.63, 3.8) is 0 Å². The molecule has 17 heteroatoms. The fraction of sp³-hybridized carbons (Fsp3) is 0.537. The van der Waals surface area contributed by atoms with Gasteiger partial charge in [0.15, 0.2) is 0 Å². The predicted octanol–water partition coefficient (Wildman–Crippen LogP) is 3.06. The van der Waals surface area contributed by atoms with Crippen molar-refractivity contribution >= 4 is 58.8 Å². The molecule has 4 aliphatic rings. The molecule has 4 saturated heterocycles. The molecule has 0 spiro atoms. The van der Waals surface area contributed by atoms with Crippen LogP contribution in [0.1, 0.15) is 70.4 Å². The van der Waals surface area contributed by atoms with Crippen LogP contribution in [0, 0.1) is 18.7 Å². The molecule has 58 heavy (non-hydrogen) atoms. The van der Waals surface area contributed by atoms with Crippen molar-refractivity contribution in [3.8, 4) is 0 Å². The van der Waals surface area contributed by atoms with Crippen molar-refractivity contribution in [2.45, 2.75) is 115 Å². The predicted molar refractivity (Wildman–Crippen MR) is 211 cm³/mol. The number of nitrogens with zero attached hydrogens (tertiary/aromatic N) is 3. The highest BCUT2D eigenvalue weighted by Crippen LogP contribution is 2.29. The summed E-state index contributed by atoms with van der Waals surface area (Å²) >= 11 is 5.88. The molecule has 2 aromatic carbocycles. The molecule has 4 aliphatic heterocycles. The Kier molecular flexibility index (Phi) is 13.2. The Morgan fingerprint density at radius 2 is 1.62 bits per heavy atom. The summed E-state index contributed by atoms with van der Waals surface area (Å²) in [4.78, 5) is 102. The summed E-state index contributed by atoms with van der Waals surface area (Å²) in [7, 11) is 0. The minimum Gasteiger partial charge on any atom is -0.458 e. The van der Waals surface area contributed by atoms with Gasteiger partial charge in [-0.1, -0.05) is 48.4 Å². The number of cyclic esters (lactones) is 1. The third kappa shape index (κ3) is 9.54. The topological polar surface area (TPSA) is 187 Å². The van der Waals surface area contributed by atoms with E-state index in [2.05, 4.69) is 21.3 Å². The third-order valence-corrected chi connectivity index (χ3v) is 11.6. The number of carbonyl (C=O) groups excluding carboxylic acids is 7. The minimum atomic E-state index is -1.54. The van der Waals surface area contributed by atoms with E-state index < -0.39 is 89.7 Å². The lowest BCUT2D eigenvalue weighted by molar-refractivity contribution is -0.163. The van der Waals surface area contributed by atoms with Gasteiger partial charge < -0.3 is 40.7 Å². The standard InChI is InChI=1S/C41H51ClFN7O8/c1-22-9-7-10-26(17-22)19-30(46-41(57)45-29-14-13-27(42)20-28(29)43)35(51)47-34-25(4)58-40(56)33-18-23(2)21-50(33)37(53)24(3)44-36(52)31-11-5-6-15-48(31)38(54)32-12-8-16-49(32)39(34)55/h7,9-10,13-14,17,20,23-25,30-34H,5-6,8,11-12,15-16,18-19,21H2,1-4H3,(H,44,52)(H,47,51)(H2,45,46,57)/t23-,24+,25+,30+,31+,32+,33+,34+/m1/s1. The van der Waals surface area contributed by atoms with Crippen molar-refractivity contribution in [2.75, 3.05) is 25.0 Å². The van der Waals surface area contributed by atoms with Crippen molar-refractivity contribution in [1.82, 2.24) is 30.7 Å². The molecule has 4 N–H and O–H groups in total. The molecular weight excluding hydrogens is 773 g/mol. The van der Waals surface area contributed by atoms with E-state index in [0.717, 1.165) is 11.6 Å². The number of amides is 7. The Morgan fingerprint density at radius 3 is 2.36 bits per heavy atom. The van der Waals surface area contributed by atoms with Crippen LogP contribution in [0.15, 0.2) is 42.5 Å². The van der Waals surface area contributed by atoms with Gasteiger partial charge in [0.1, 0.15) is 48.2 Å². The van der Waals surface area contributed by atoms with Crippen molar-refractivity contribution < 1.29 is 42.7 Å². The number of esters is 1. The number of ether oxygens (including phenoxy) is 1. The number of urea groups is 1. The first kappa shape index (κ1) is 42.4. The highest BCUT2D eigenvalue weighted by molar-refractivity contribution is 6.30. The molecule has 0 unspecified atom stereocenters. The third-order valence-electron chi connectivity index (χ3n) is 11.4. The lowest BCUT2D eigenvalue weighted by Gasteiger charge is -2.39. The number of anilines is 1. The van der Waals surface area contributed by atoms with Gasteiger partial charge in [-0.2, -0.15) is 0 Å². The first-order chi connectivity index (χ1) is 27.6. The average Bonchev–Trinajstić information content (AvgIpc) is 3.84. The van der Waals surface area contributed by atoms with E-state index in [-0.39, 0.29) is 49.1 Å². The fourth-order valence-electron chi connectivity index (χ4n) is 8.41. The average molecular weight is 824 g/mol. The number of hydrogen-bond acceptors (Lipinski definition) is 8. The second-order valence-corrected chi connectivity index (χ2v) is 16.3. The van der Waals surface area contributed by atoms with E-state index in [1.54, 1.807) is 19.1 Å². The second kappa shape index (κ2) is 18.1. The van der Waals surface area contributed by atoms with Crippen LogP contribution in [0.3, 0.4) is 0 Å². The Hall–Kier alpha value is -5.25. The Bertz CT molecular complexity index is 1950. The Balaban J connectivity index is 1.33. The number of hydrogen-bond donors (Lipinski definition) is 4. The number of carbonyl (C=O) groups is 7. The molecule has 7 amide bonds. The van der Waals surface area contributed by atoms with Crippen LogP contribution in [0.2, 0.25) is 5.02 Å². The van der Waals surface area contributed by atoms with Crippen LogP contribution < -0.4 is 21.3 Å². The Morgan fingerprint density at radius 1 is 0.897 bits per heavy atom. The van der Waals surface area contributed by atoms with Crippen molar-refractivity contribution in [2.24, 2.45) is 5.92 Å². The quantitative estimate of drug-likeness (QED) is 0.320. The van der Waals surface area contributed by atoms with Crippen LogP contribution >= 0.6 is 11.6 Å². The van der Waals surface area contributed by atoms with Gasteiger partial charge in [-0.05, 0) is 89.0 Å². The maximum Gasteiger partial charge on any atom is 0.329 e. The van der Waals surface area contributed by atoms with E-state index in [9.17, 15) is 38.0 Å². The molecule has 0 radical (unpaired) electrons.